The maximum atomic E-state index is 12.4. The van der Waals surface area contributed by atoms with Gasteiger partial charge in [-0.2, -0.15) is 0 Å². The van der Waals surface area contributed by atoms with Crippen LogP contribution in [0.2, 0.25) is 0 Å². The van der Waals surface area contributed by atoms with E-state index in [4.69, 9.17) is 0 Å². The van der Waals surface area contributed by atoms with E-state index in [1.165, 1.54) is 24.3 Å². The molecule has 0 aromatic heterocycles. The predicted octanol–water partition coefficient (Wildman–Crippen LogP) is 3.08. The van der Waals surface area contributed by atoms with E-state index in [0.717, 1.165) is 12.8 Å². The highest BCUT2D eigenvalue weighted by atomic mass is 16.6. The molecule has 0 aliphatic carbocycles. The SMILES string of the molecule is CCC(CC)[N+](CC)C(=O)c1ccc([N+](=O)[O-])cc1. The largest absolute Gasteiger partial charge is 0.393 e. The average Bonchev–Trinajstić information content (AvgIpc) is 2.44. The fourth-order valence-electron chi connectivity index (χ4n) is 2.19. The minimum atomic E-state index is -0.466. The highest BCUT2D eigenvalue weighted by Crippen LogP contribution is 2.15. The molecule has 1 aromatic rings. The van der Waals surface area contributed by atoms with E-state index < -0.39 is 4.92 Å². The zero-order valence-electron chi connectivity index (χ0n) is 11.6. The molecule has 1 radical (unpaired) electrons. The first-order valence-electron chi connectivity index (χ1n) is 6.60. The van der Waals surface area contributed by atoms with Gasteiger partial charge in [0.25, 0.3) is 5.69 Å². The molecule has 0 spiro atoms. The van der Waals surface area contributed by atoms with Crippen LogP contribution in [0.1, 0.15) is 44.0 Å². The molecule has 1 aromatic carbocycles. The van der Waals surface area contributed by atoms with Gasteiger partial charge < -0.3 is 0 Å². The Balaban J connectivity index is 2.94. The van der Waals surface area contributed by atoms with Crippen LogP contribution in [0.25, 0.3) is 0 Å². The molecule has 103 valence electrons. The quantitative estimate of drug-likeness (QED) is 0.450. The summed E-state index contributed by atoms with van der Waals surface area (Å²) in [5.74, 6) is -0.0638. The van der Waals surface area contributed by atoms with Gasteiger partial charge >= 0.3 is 5.91 Å². The van der Waals surface area contributed by atoms with Crippen molar-refractivity contribution >= 4 is 11.6 Å². The normalized spacial score (nSPS) is 11.0. The molecule has 0 bridgehead atoms. The summed E-state index contributed by atoms with van der Waals surface area (Å²) in [6, 6.07) is 5.99. The van der Waals surface area contributed by atoms with Crippen LogP contribution in [-0.4, -0.2) is 23.4 Å². The maximum absolute atomic E-state index is 12.4. The molecule has 0 saturated heterocycles. The minimum Gasteiger partial charge on any atom is -0.258 e. The number of rotatable bonds is 6. The van der Waals surface area contributed by atoms with Crippen molar-refractivity contribution in [2.24, 2.45) is 0 Å². The van der Waals surface area contributed by atoms with Gasteiger partial charge in [0.15, 0.2) is 0 Å². The van der Waals surface area contributed by atoms with Gasteiger partial charge in [-0.3, -0.25) is 10.1 Å². The average molecular weight is 264 g/mol. The van der Waals surface area contributed by atoms with Gasteiger partial charge in [0.2, 0.25) is 0 Å². The van der Waals surface area contributed by atoms with Gasteiger partial charge in [-0.25, -0.2) is 4.79 Å². The summed E-state index contributed by atoms with van der Waals surface area (Å²) in [5, 5.41) is 10.6. The van der Waals surface area contributed by atoms with Gasteiger partial charge in [0.05, 0.1) is 10.5 Å². The standard InChI is InChI=1S/C14H20N2O3/c1-4-12(5-2)15(6-3)14(17)11-7-9-13(10-8-11)16(18)19/h7-10,12H,4-6H2,1-3H3/q+1. The number of hydrogen-bond acceptors (Lipinski definition) is 3. The number of nitro groups is 1. The molecular weight excluding hydrogens is 244 g/mol. The van der Waals surface area contributed by atoms with Gasteiger partial charge in [-0.15, -0.1) is 0 Å². The molecule has 0 unspecified atom stereocenters. The Labute approximate surface area is 113 Å². The first-order valence-corrected chi connectivity index (χ1v) is 6.60. The second-order valence-corrected chi connectivity index (χ2v) is 4.37. The Morgan fingerprint density at radius 2 is 1.68 bits per heavy atom. The van der Waals surface area contributed by atoms with E-state index in [1.54, 1.807) is 0 Å². The van der Waals surface area contributed by atoms with E-state index in [9.17, 15) is 14.9 Å². The van der Waals surface area contributed by atoms with Gasteiger partial charge in [-0.05, 0) is 19.1 Å². The van der Waals surface area contributed by atoms with Gasteiger partial charge in [0.1, 0.15) is 12.6 Å². The van der Waals surface area contributed by atoms with Crippen LogP contribution in [0.4, 0.5) is 5.69 Å². The number of nitrogens with zero attached hydrogens (tertiary/aromatic N) is 2. The summed E-state index contributed by atoms with van der Waals surface area (Å²) in [5.41, 5.74) is 0.501. The molecule has 0 aliphatic rings. The van der Waals surface area contributed by atoms with Crippen LogP contribution in [0.5, 0.6) is 0 Å². The number of amides is 1. The number of nitro benzene ring substituents is 1. The third-order valence-corrected chi connectivity index (χ3v) is 3.31. The zero-order chi connectivity index (χ0) is 14.4. The van der Waals surface area contributed by atoms with Crippen LogP contribution < -0.4 is 4.90 Å². The highest BCUT2D eigenvalue weighted by Gasteiger charge is 2.32. The molecule has 5 nitrogen and oxygen atoms in total. The van der Waals surface area contributed by atoms with E-state index in [2.05, 4.69) is 13.8 Å². The second-order valence-electron chi connectivity index (χ2n) is 4.37. The van der Waals surface area contributed by atoms with Crippen molar-refractivity contribution in [3.63, 3.8) is 0 Å². The van der Waals surface area contributed by atoms with E-state index in [1.807, 2.05) is 11.8 Å². The molecule has 1 rings (SSSR count). The Hall–Kier alpha value is -1.75. The lowest BCUT2D eigenvalue weighted by molar-refractivity contribution is -0.384. The third kappa shape index (κ3) is 3.61. The van der Waals surface area contributed by atoms with Crippen molar-refractivity contribution in [3.8, 4) is 0 Å². The zero-order valence-corrected chi connectivity index (χ0v) is 11.6. The molecule has 0 aliphatic heterocycles. The topological polar surface area (TPSA) is 66.1 Å². The van der Waals surface area contributed by atoms with Crippen molar-refractivity contribution in [1.82, 2.24) is 4.90 Å². The van der Waals surface area contributed by atoms with Crippen LogP contribution in [-0.2, 0) is 0 Å². The molecule has 0 saturated carbocycles. The lowest BCUT2D eigenvalue weighted by Gasteiger charge is -2.16. The Bertz CT molecular complexity index is 439. The number of carbonyl (C=O) groups is 1. The van der Waals surface area contributed by atoms with E-state index in [-0.39, 0.29) is 17.6 Å². The first-order chi connectivity index (χ1) is 9.04. The fraction of sp³-hybridized carbons (Fsp3) is 0.500. The number of non-ortho nitro benzene ring substituents is 1. The third-order valence-electron chi connectivity index (χ3n) is 3.31. The molecule has 0 atom stereocenters. The number of hydrogen-bond donors (Lipinski definition) is 0. The summed E-state index contributed by atoms with van der Waals surface area (Å²) in [6.07, 6.45) is 1.81. The van der Waals surface area contributed by atoms with E-state index >= 15 is 0 Å². The minimum absolute atomic E-state index is 0.00197. The first kappa shape index (κ1) is 15.3. The number of carbonyl (C=O) groups excluding carboxylic acids is 1. The molecule has 0 fully saturated rings. The lowest BCUT2D eigenvalue weighted by Crippen LogP contribution is -2.45. The van der Waals surface area contributed by atoms with Crippen molar-refractivity contribution in [2.75, 3.05) is 6.54 Å². The van der Waals surface area contributed by atoms with Crippen molar-refractivity contribution in [1.29, 1.82) is 0 Å². The van der Waals surface area contributed by atoms with Crippen molar-refractivity contribution in [2.45, 2.75) is 39.7 Å². The van der Waals surface area contributed by atoms with Crippen molar-refractivity contribution < 1.29 is 9.72 Å². The molecule has 0 heterocycles. The summed E-state index contributed by atoms with van der Waals surface area (Å²) in [6.45, 7) is 6.70. The monoisotopic (exact) mass is 264 g/mol. The Morgan fingerprint density at radius 1 is 1.16 bits per heavy atom. The summed E-state index contributed by atoms with van der Waals surface area (Å²) >= 11 is 0. The lowest BCUT2D eigenvalue weighted by atomic mass is 10.1. The summed E-state index contributed by atoms with van der Waals surface area (Å²) in [7, 11) is 0. The maximum Gasteiger partial charge on any atom is 0.393 e. The summed E-state index contributed by atoms with van der Waals surface area (Å²) in [4.78, 5) is 24.3. The molecular formula is C14H20N2O3+. The molecule has 0 N–H and O–H groups in total. The van der Waals surface area contributed by atoms with Gasteiger partial charge in [0, 0.05) is 25.0 Å². The smallest absolute Gasteiger partial charge is 0.258 e. The Kier molecular flexibility index (Phi) is 5.63. The second kappa shape index (κ2) is 6.99. The van der Waals surface area contributed by atoms with Gasteiger partial charge in [-0.1, -0.05) is 18.7 Å². The Morgan fingerprint density at radius 3 is 2.05 bits per heavy atom. The molecule has 5 heteroatoms. The predicted molar refractivity (Wildman–Crippen MR) is 74.5 cm³/mol. The van der Waals surface area contributed by atoms with E-state index in [0.29, 0.717) is 12.1 Å². The molecule has 1 amide bonds. The summed E-state index contributed by atoms with van der Waals surface area (Å²) < 4.78 is 0. The van der Waals surface area contributed by atoms with Crippen LogP contribution in [0, 0.1) is 10.1 Å². The fourth-order valence-corrected chi connectivity index (χ4v) is 2.19. The highest BCUT2D eigenvalue weighted by molar-refractivity contribution is 5.96. The van der Waals surface area contributed by atoms with Crippen LogP contribution in [0.3, 0.4) is 0 Å². The van der Waals surface area contributed by atoms with Crippen LogP contribution >= 0.6 is 0 Å². The number of benzene rings is 1. The van der Waals surface area contributed by atoms with Crippen molar-refractivity contribution in [3.05, 3.63) is 39.9 Å². The van der Waals surface area contributed by atoms with Crippen LogP contribution in [0.15, 0.2) is 24.3 Å². The molecule has 19 heavy (non-hydrogen) atoms.